The summed E-state index contributed by atoms with van der Waals surface area (Å²) in [6.45, 7) is 3.70. The van der Waals surface area contributed by atoms with Crippen LogP contribution in [0.4, 0.5) is 0 Å². The SMILES string of the molecule is CCOc1cc(-c2ccccc2)nn1CCOc1ccc(-c2ccccc2)cc1. The first kappa shape index (κ1) is 18.8. The zero-order chi connectivity index (χ0) is 19.9. The van der Waals surface area contributed by atoms with E-state index in [1.165, 1.54) is 11.1 Å². The van der Waals surface area contributed by atoms with Crippen molar-refractivity contribution >= 4 is 0 Å². The summed E-state index contributed by atoms with van der Waals surface area (Å²) in [5.41, 5.74) is 4.35. The zero-order valence-corrected chi connectivity index (χ0v) is 16.5. The Labute approximate surface area is 171 Å². The van der Waals surface area contributed by atoms with Crippen molar-refractivity contribution in [2.45, 2.75) is 13.5 Å². The van der Waals surface area contributed by atoms with Crippen LogP contribution in [-0.2, 0) is 6.54 Å². The van der Waals surface area contributed by atoms with Crippen molar-refractivity contribution < 1.29 is 9.47 Å². The molecule has 1 heterocycles. The van der Waals surface area contributed by atoms with Gasteiger partial charge in [0.1, 0.15) is 12.4 Å². The molecular weight excluding hydrogens is 360 g/mol. The molecule has 0 bridgehead atoms. The van der Waals surface area contributed by atoms with Gasteiger partial charge < -0.3 is 9.47 Å². The molecule has 0 amide bonds. The van der Waals surface area contributed by atoms with Gasteiger partial charge in [-0.3, -0.25) is 0 Å². The smallest absolute Gasteiger partial charge is 0.212 e. The fourth-order valence-electron chi connectivity index (χ4n) is 3.20. The average Bonchev–Trinajstić information content (AvgIpc) is 3.18. The van der Waals surface area contributed by atoms with Crippen LogP contribution in [0.1, 0.15) is 6.92 Å². The number of nitrogens with zero attached hydrogens (tertiary/aromatic N) is 2. The average molecular weight is 384 g/mol. The molecule has 0 saturated carbocycles. The monoisotopic (exact) mass is 384 g/mol. The molecule has 0 aliphatic heterocycles. The molecule has 4 heteroatoms. The lowest BCUT2D eigenvalue weighted by Crippen LogP contribution is -2.11. The number of ether oxygens (including phenoxy) is 2. The fraction of sp³-hybridized carbons (Fsp3) is 0.160. The van der Waals surface area contributed by atoms with Crippen LogP contribution in [0.5, 0.6) is 11.6 Å². The number of hydrogen-bond donors (Lipinski definition) is 0. The fourth-order valence-corrected chi connectivity index (χ4v) is 3.20. The summed E-state index contributed by atoms with van der Waals surface area (Å²) in [5.74, 6) is 1.60. The molecule has 0 unspecified atom stereocenters. The maximum Gasteiger partial charge on any atom is 0.212 e. The van der Waals surface area contributed by atoms with E-state index in [-0.39, 0.29) is 0 Å². The Kier molecular flexibility index (Phi) is 5.91. The Morgan fingerprint density at radius 1 is 0.724 bits per heavy atom. The van der Waals surface area contributed by atoms with E-state index in [4.69, 9.17) is 14.6 Å². The lowest BCUT2D eigenvalue weighted by molar-refractivity contribution is 0.260. The van der Waals surface area contributed by atoms with E-state index >= 15 is 0 Å². The van der Waals surface area contributed by atoms with Gasteiger partial charge in [-0.1, -0.05) is 72.8 Å². The number of aromatic nitrogens is 2. The molecule has 29 heavy (non-hydrogen) atoms. The molecule has 0 aliphatic rings. The minimum Gasteiger partial charge on any atom is -0.492 e. The Morgan fingerprint density at radius 3 is 2.00 bits per heavy atom. The van der Waals surface area contributed by atoms with Gasteiger partial charge in [-0.25, -0.2) is 4.68 Å². The van der Waals surface area contributed by atoms with Gasteiger partial charge in [0.25, 0.3) is 0 Å². The summed E-state index contributed by atoms with van der Waals surface area (Å²) >= 11 is 0. The third-order valence-electron chi connectivity index (χ3n) is 4.64. The molecule has 0 fully saturated rings. The molecule has 1 aromatic heterocycles. The predicted molar refractivity (Wildman–Crippen MR) is 116 cm³/mol. The van der Waals surface area contributed by atoms with Crippen LogP contribution < -0.4 is 9.47 Å². The summed E-state index contributed by atoms with van der Waals surface area (Å²) < 4.78 is 13.5. The van der Waals surface area contributed by atoms with Gasteiger partial charge in [0.15, 0.2) is 0 Å². The molecule has 4 aromatic rings. The number of rotatable bonds is 8. The maximum absolute atomic E-state index is 5.93. The highest BCUT2D eigenvalue weighted by molar-refractivity contribution is 5.64. The third-order valence-corrected chi connectivity index (χ3v) is 4.64. The van der Waals surface area contributed by atoms with Crippen molar-refractivity contribution in [2.75, 3.05) is 13.2 Å². The standard InChI is InChI=1S/C25H24N2O2/c1-2-28-25-19-24(22-11-7-4-8-12-22)26-27(25)17-18-29-23-15-13-21(14-16-23)20-9-5-3-6-10-20/h3-16,19H,2,17-18H2,1H3. The molecule has 0 aliphatic carbocycles. The second-order valence-electron chi connectivity index (χ2n) is 6.63. The summed E-state index contributed by atoms with van der Waals surface area (Å²) in [4.78, 5) is 0. The molecule has 0 N–H and O–H groups in total. The van der Waals surface area contributed by atoms with E-state index in [0.717, 1.165) is 22.9 Å². The van der Waals surface area contributed by atoms with Crippen molar-refractivity contribution in [3.63, 3.8) is 0 Å². The first-order valence-corrected chi connectivity index (χ1v) is 9.88. The van der Waals surface area contributed by atoms with Crippen LogP contribution >= 0.6 is 0 Å². The van der Waals surface area contributed by atoms with Gasteiger partial charge in [-0.15, -0.1) is 0 Å². The first-order valence-electron chi connectivity index (χ1n) is 9.88. The molecular formula is C25H24N2O2. The zero-order valence-electron chi connectivity index (χ0n) is 16.5. The van der Waals surface area contributed by atoms with Crippen LogP contribution in [0.25, 0.3) is 22.4 Å². The van der Waals surface area contributed by atoms with Crippen LogP contribution in [0.2, 0.25) is 0 Å². The maximum atomic E-state index is 5.93. The molecule has 146 valence electrons. The largest absolute Gasteiger partial charge is 0.492 e. The van der Waals surface area contributed by atoms with Crippen LogP contribution in [-0.4, -0.2) is 23.0 Å². The summed E-state index contributed by atoms with van der Waals surface area (Å²) in [5, 5.41) is 4.70. The lowest BCUT2D eigenvalue weighted by atomic mass is 10.1. The van der Waals surface area contributed by atoms with Gasteiger partial charge in [0.2, 0.25) is 5.88 Å². The number of hydrogen-bond acceptors (Lipinski definition) is 3. The Bertz CT molecular complexity index is 1030. The van der Waals surface area contributed by atoms with E-state index < -0.39 is 0 Å². The normalized spacial score (nSPS) is 10.7. The van der Waals surface area contributed by atoms with Crippen LogP contribution in [0.3, 0.4) is 0 Å². The van der Waals surface area contributed by atoms with Crippen molar-refractivity contribution in [1.29, 1.82) is 0 Å². The molecule has 3 aromatic carbocycles. The van der Waals surface area contributed by atoms with Crippen molar-refractivity contribution in [3.8, 4) is 34.0 Å². The highest BCUT2D eigenvalue weighted by Crippen LogP contribution is 2.24. The Morgan fingerprint density at radius 2 is 1.34 bits per heavy atom. The van der Waals surface area contributed by atoms with E-state index in [0.29, 0.717) is 19.8 Å². The quantitative estimate of drug-likeness (QED) is 0.391. The molecule has 4 rings (SSSR count). The highest BCUT2D eigenvalue weighted by Gasteiger charge is 2.10. The second kappa shape index (κ2) is 9.11. The topological polar surface area (TPSA) is 36.3 Å². The van der Waals surface area contributed by atoms with Gasteiger partial charge in [0.05, 0.1) is 18.8 Å². The summed E-state index contributed by atoms with van der Waals surface area (Å²) in [6, 6.07) is 30.6. The third kappa shape index (κ3) is 4.66. The van der Waals surface area contributed by atoms with E-state index in [1.807, 2.05) is 78.3 Å². The predicted octanol–water partition coefficient (Wildman–Crippen LogP) is 5.69. The Hall–Kier alpha value is -3.53. The minimum absolute atomic E-state index is 0.515. The van der Waals surface area contributed by atoms with Crippen LogP contribution in [0, 0.1) is 0 Å². The minimum atomic E-state index is 0.515. The lowest BCUT2D eigenvalue weighted by Gasteiger charge is -2.10. The molecule has 0 spiro atoms. The van der Waals surface area contributed by atoms with Crippen LogP contribution in [0.15, 0.2) is 91.0 Å². The molecule has 0 saturated heterocycles. The van der Waals surface area contributed by atoms with E-state index in [1.54, 1.807) is 0 Å². The van der Waals surface area contributed by atoms with Crippen molar-refractivity contribution in [3.05, 3.63) is 91.0 Å². The Balaban J connectivity index is 1.40. The first-order chi connectivity index (χ1) is 14.3. The van der Waals surface area contributed by atoms with Gasteiger partial charge in [0, 0.05) is 11.6 Å². The molecule has 0 radical (unpaired) electrons. The number of benzene rings is 3. The van der Waals surface area contributed by atoms with Gasteiger partial charge in [-0.05, 0) is 30.2 Å². The summed E-state index contributed by atoms with van der Waals surface area (Å²) in [6.07, 6.45) is 0. The van der Waals surface area contributed by atoms with E-state index in [9.17, 15) is 0 Å². The van der Waals surface area contributed by atoms with E-state index in [2.05, 4.69) is 24.3 Å². The molecule has 0 atom stereocenters. The van der Waals surface area contributed by atoms with Crippen molar-refractivity contribution in [2.24, 2.45) is 0 Å². The second-order valence-corrected chi connectivity index (χ2v) is 6.63. The van der Waals surface area contributed by atoms with Gasteiger partial charge in [-0.2, -0.15) is 5.10 Å². The molecule has 4 nitrogen and oxygen atoms in total. The van der Waals surface area contributed by atoms with Crippen molar-refractivity contribution in [1.82, 2.24) is 9.78 Å². The highest BCUT2D eigenvalue weighted by atomic mass is 16.5. The summed E-state index contributed by atoms with van der Waals surface area (Å²) in [7, 11) is 0. The van der Waals surface area contributed by atoms with Gasteiger partial charge >= 0.3 is 0 Å².